The maximum absolute atomic E-state index is 9.05. The third kappa shape index (κ3) is 4.52. The Hall–Kier alpha value is -0.221. The van der Waals surface area contributed by atoms with Crippen molar-refractivity contribution in [1.29, 1.82) is 10.5 Å². The van der Waals surface area contributed by atoms with Crippen molar-refractivity contribution in [2.75, 3.05) is 0 Å². The fourth-order valence-electron chi connectivity index (χ4n) is 1.33. The molecule has 0 unspecified atom stereocenters. The van der Waals surface area contributed by atoms with Crippen LogP contribution in [0, 0.1) is 18.7 Å². The molecule has 0 aliphatic rings. The Kier molecular flexibility index (Phi) is 7.09. The topological polar surface area (TPSA) is 47.6 Å². The van der Waals surface area contributed by atoms with E-state index in [2.05, 4.69) is 22.0 Å². The fraction of sp³-hybridized carbons (Fsp3) is 0.800. The average Bonchev–Trinajstić information content (AvgIpc) is 2.20. The van der Waals surface area contributed by atoms with Crippen molar-refractivity contribution in [2.24, 2.45) is 0 Å². The first-order valence-corrected chi connectivity index (χ1v) is 12.0. The molecule has 0 fully saturated rings. The van der Waals surface area contributed by atoms with E-state index in [9.17, 15) is 0 Å². The van der Waals surface area contributed by atoms with E-state index < -0.39 is 18.4 Å². The Morgan fingerprint density at radius 2 is 1.31 bits per heavy atom. The summed E-state index contributed by atoms with van der Waals surface area (Å²) in [7, 11) is 0. The van der Waals surface area contributed by atoms with Crippen molar-refractivity contribution in [1.82, 2.24) is 0 Å². The third-order valence-electron chi connectivity index (χ3n) is 2.34. The quantitative estimate of drug-likeness (QED) is 0.704. The van der Waals surface area contributed by atoms with Gasteiger partial charge in [-0.25, -0.2) is 0 Å². The molecule has 0 radical (unpaired) electrons. The van der Waals surface area contributed by atoms with E-state index in [4.69, 9.17) is 10.5 Å². The second kappa shape index (κ2) is 7.21. The molecule has 0 aromatic heterocycles. The van der Waals surface area contributed by atoms with Gasteiger partial charge in [0, 0.05) is 0 Å². The summed E-state index contributed by atoms with van der Waals surface area (Å²) in [6.07, 6.45) is 4.35. The molecule has 0 aromatic rings. The summed E-state index contributed by atoms with van der Waals surface area (Å²) in [5.74, 6) is 0. The van der Waals surface area contributed by atoms with Gasteiger partial charge in [-0.05, 0) is 0 Å². The molecular formula is C10H18N2Sn. The van der Waals surface area contributed by atoms with Crippen LogP contribution < -0.4 is 0 Å². The number of nitrogens with zero attached hydrogens (tertiary/aromatic N) is 2. The Morgan fingerprint density at radius 1 is 0.923 bits per heavy atom. The third-order valence-corrected chi connectivity index (χ3v) is 11.7. The van der Waals surface area contributed by atoms with Crippen LogP contribution in [0.4, 0.5) is 0 Å². The minimum absolute atomic E-state index is 0.943. The zero-order chi connectivity index (χ0) is 10.2. The normalized spacial score (nSPS) is 10.5. The number of rotatable bonds is 6. The number of nitriles is 2. The van der Waals surface area contributed by atoms with Gasteiger partial charge in [-0.2, -0.15) is 0 Å². The Labute approximate surface area is 85.4 Å². The van der Waals surface area contributed by atoms with E-state index in [0.29, 0.717) is 0 Å². The van der Waals surface area contributed by atoms with Gasteiger partial charge in [0.15, 0.2) is 0 Å². The van der Waals surface area contributed by atoms with E-state index in [1.54, 1.807) is 0 Å². The van der Waals surface area contributed by atoms with Gasteiger partial charge in [0.2, 0.25) is 0 Å². The van der Waals surface area contributed by atoms with E-state index >= 15 is 0 Å². The van der Waals surface area contributed by atoms with Crippen molar-refractivity contribution in [3.63, 3.8) is 0 Å². The zero-order valence-electron chi connectivity index (χ0n) is 8.64. The predicted octanol–water partition coefficient (Wildman–Crippen LogP) is 3.16. The molecule has 0 bridgehead atoms. The van der Waals surface area contributed by atoms with Crippen molar-refractivity contribution < 1.29 is 0 Å². The SMILES string of the molecule is CCC[CH2][Sn]([C]#N)([C]#N)[CH2]CCC. The molecule has 0 aromatic carbocycles. The maximum atomic E-state index is 9.05. The molecule has 13 heavy (non-hydrogen) atoms. The Bertz CT molecular complexity index is 188. The van der Waals surface area contributed by atoms with Crippen LogP contribution in [0.5, 0.6) is 0 Å². The van der Waals surface area contributed by atoms with Gasteiger partial charge >= 0.3 is 85.5 Å². The van der Waals surface area contributed by atoms with Gasteiger partial charge < -0.3 is 0 Å². The van der Waals surface area contributed by atoms with E-state index in [1.807, 2.05) is 0 Å². The molecule has 0 amide bonds. The monoisotopic (exact) mass is 286 g/mol. The molecule has 0 saturated heterocycles. The van der Waals surface area contributed by atoms with Gasteiger partial charge in [0.25, 0.3) is 0 Å². The van der Waals surface area contributed by atoms with Crippen LogP contribution in [0.1, 0.15) is 39.5 Å². The van der Waals surface area contributed by atoms with Crippen LogP contribution in [0.3, 0.4) is 0 Å². The molecule has 3 heteroatoms. The average molecular weight is 285 g/mol. The summed E-state index contributed by atoms with van der Waals surface area (Å²) in [4.78, 5) is 0. The summed E-state index contributed by atoms with van der Waals surface area (Å²) in [5, 5.41) is 18.1. The summed E-state index contributed by atoms with van der Waals surface area (Å²) in [6.45, 7) is 4.23. The summed E-state index contributed by atoms with van der Waals surface area (Å²) in [5.41, 5.74) is 0. The predicted molar refractivity (Wildman–Crippen MR) is 56.4 cm³/mol. The molecule has 0 saturated carbocycles. The Balaban J connectivity index is 4.18. The van der Waals surface area contributed by atoms with Crippen LogP contribution >= 0.6 is 0 Å². The van der Waals surface area contributed by atoms with Gasteiger partial charge in [0.05, 0.1) is 0 Å². The van der Waals surface area contributed by atoms with Crippen LogP contribution in [-0.2, 0) is 0 Å². The molecule has 0 rings (SSSR count). The first-order valence-electron chi connectivity index (χ1n) is 5.07. The number of hydrogen-bond acceptors (Lipinski definition) is 2. The van der Waals surface area contributed by atoms with E-state index in [0.717, 1.165) is 34.6 Å². The van der Waals surface area contributed by atoms with Crippen LogP contribution in [0.25, 0.3) is 0 Å². The summed E-state index contributed by atoms with van der Waals surface area (Å²) < 4.78 is 6.65. The molecule has 0 aliphatic carbocycles. The van der Waals surface area contributed by atoms with E-state index in [-0.39, 0.29) is 0 Å². The van der Waals surface area contributed by atoms with Gasteiger partial charge in [-0.3, -0.25) is 0 Å². The number of hydrogen-bond donors (Lipinski definition) is 0. The first kappa shape index (κ1) is 12.8. The molecular weight excluding hydrogens is 267 g/mol. The fourth-order valence-corrected chi connectivity index (χ4v) is 8.93. The second-order valence-corrected chi connectivity index (χ2v) is 13.8. The van der Waals surface area contributed by atoms with Crippen LogP contribution in [-0.4, -0.2) is 18.4 Å². The standard InChI is InChI=1S/2C4H9.2CN.Sn/c2*1-3-4-2;2*1-2;/h2*1,3-4H2,2H3;;;. The van der Waals surface area contributed by atoms with Gasteiger partial charge in [0.1, 0.15) is 0 Å². The van der Waals surface area contributed by atoms with Crippen LogP contribution in [0.15, 0.2) is 0 Å². The zero-order valence-corrected chi connectivity index (χ0v) is 11.5. The molecule has 0 atom stereocenters. The van der Waals surface area contributed by atoms with Crippen molar-refractivity contribution in [3.05, 3.63) is 0 Å². The van der Waals surface area contributed by atoms with Crippen molar-refractivity contribution >= 4 is 18.4 Å². The van der Waals surface area contributed by atoms with Crippen LogP contribution in [0.2, 0.25) is 8.87 Å². The van der Waals surface area contributed by atoms with Gasteiger partial charge in [-0.1, -0.05) is 0 Å². The van der Waals surface area contributed by atoms with Crippen molar-refractivity contribution in [3.8, 4) is 8.17 Å². The molecule has 0 spiro atoms. The first-order chi connectivity index (χ1) is 6.24. The molecule has 2 nitrogen and oxygen atoms in total. The Morgan fingerprint density at radius 3 is 1.54 bits per heavy atom. The summed E-state index contributed by atoms with van der Waals surface area (Å²) in [6, 6.07) is 0. The second-order valence-electron chi connectivity index (χ2n) is 3.51. The van der Waals surface area contributed by atoms with Crippen molar-refractivity contribution in [2.45, 2.75) is 48.4 Å². The molecule has 0 heterocycles. The number of unbranched alkanes of at least 4 members (excludes halogenated alkanes) is 2. The molecule has 0 aliphatic heterocycles. The van der Waals surface area contributed by atoms with E-state index in [1.165, 1.54) is 0 Å². The molecule has 0 N–H and O–H groups in total. The minimum atomic E-state index is -2.93. The molecule has 72 valence electrons. The van der Waals surface area contributed by atoms with Gasteiger partial charge in [-0.15, -0.1) is 0 Å². The summed E-state index contributed by atoms with van der Waals surface area (Å²) >= 11 is -2.93.